The zero-order valence-corrected chi connectivity index (χ0v) is 8.75. The first-order valence-electron chi connectivity index (χ1n) is 2.94. The molecule has 0 aromatic heterocycles. The van der Waals surface area contributed by atoms with Crippen LogP contribution < -0.4 is 5.73 Å². The van der Waals surface area contributed by atoms with Crippen LogP contribution in [0.15, 0.2) is 21.1 Å². The maximum atomic E-state index is 12.2. The van der Waals surface area contributed by atoms with Crippen LogP contribution in [0.4, 0.5) is 10.1 Å². The summed E-state index contributed by atoms with van der Waals surface area (Å²) in [6.45, 7) is -0.502. The lowest BCUT2D eigenvalue weighted by atomic mass is 10.2. The fraction of sp³-hybridized carbons (Fsp3) is 0.143. The fourth-order valence-corrected chi connectivity index (χ4v) is 1.82. The molecule has 1 rings (SSSR count). The average Bonchev–Trinajstić information content (AvgIpc) is 1.97. The van der Waals surface area contributed by atoms with Crippen LogP contribution in [0.5, 0.6) is 0 Å². The Morgan fingerprint density at radius 3 is 2.45 bits per heavy atom. The third kappa shape index (κ3) is 1.93. The first-order chi connectivity index (χ1) is 5.15. The second-order valence-corrected chi connectivity index (χ2v) is 3.81. The van der Waals surface area contributed by atoms with Gasteiger partial charge in [-0.05, 0) is 33.6 Å². The fourth-order valence-electron chi connectivity index (χ4n) is 0.715. The predicted molar refractivity (Wildman–Crippen MR) is 51.1 cm³/mol. The van der Waals surface area contributed by atoms with Gasteiger partial charge in [-0.15, -0.1) is 0 Å². The lowest BCUT2D eigenvalue weighted by Gasteiger charge is -2.02. The second kappa shape index (κ2) is 3.54. The van der Waals surface area contributed by atoms with E-state index < -0.39 is 6.67 Å². The Hall–Kier alpha value is -0.0900. The van der Waals surface area contributed by atoms with Crippen molar-refractivity contribution in [3.63, 3.8) is 0 Å². The highest BCUT2D eigenvalue weighted by atomic mass is 79.9. The molecule has 0 amide bonds. The Morgan fingerprint density at radius 1 is 1.27 bits per heavy atom. The third-order valence-electron chi connectivity index (χ3n) is 1.31. The Bertz CT molecular complexity index is 275. The average molecular weight is 283 g/mol. The Labute approximate surface area is 81.0 Å². The Morgan fingerprint density at radius 2 is 1.91 bits per heavy atom. The lowest BCUT2D eigenvalue weighted by molar-refractivity contribution is 0.484. The van der Waals surface area contributed by atoms with Gasteiger partial charge in [-0.1, -0.05) is 15.9 Å². The van der Waals surface area contributed by atoms with Gasteiger partial charge in [0.15, 0.2) is 0 Å². The molecule has 1 aromatic rings. The van der Waals surface area contributed by atoms with Crippen LogP contribution in [0.3, 0.4) is 0 Å². The Kier molecular flexibility index (Phi) is 2.90. The first-order valence-corrected chi connectivity index (χ1v) is 4.53. The number of nitrogens with two attached hydrogens (primary N) is 1. The molecule has 60 valence electrons. The van der Waals surface area contributed by atoms with Gasteiger partial charge in [0.05, 0.1) is 0 Å². The van der Waals surface area contributed by atoms with E-state index in [2.05, 4.69) is 31.9 Å². The van der Waals surface area contributed by atoms with Gasteiger partial charge in [-0.25, -0.2) is 4.39 Å². The molecule has 0 aliphatic heterocycles. The normalized spacial score (nSPS) is 10.1. The molecule has 0 aliphatic rings. The number of benzene rings is 1. The molecule has 4 heteroatoms. The van der Waals surface area contributed by atoms with Crippen LogP contribution in [0.2, 0.25) is 0 Å². The minimum atomic E-state index is -0.502. The zero-order chi connectivity index (χ0) is 8.43. The molecule has 0 heterocycles. The highest BCUT2D eigenvalue weighted by molar-refractivity contribution is 9.11. The highest BCUT2D eigenvalue weighted by Crippen LogP contribution is 2.28. The molecule has 1 nitrogen and oxygen atoms in total. The molecule has 0 fully saturated rings. The molecule has 2 N–H and O–H groups in total. The second-order valence-electron chi connectivity index (χ2n) is 2.10. The summed E-state index contributed by atoms with van der Waals surface area (Å²) in [5, 5.41) is 0. The van der Waals surface area contributed by atoms with Crippen molar-refractivity contribution in [1.29, 1.82) is 0 Å². The summed E-state index contributed by atoms with van der Waals surface area (Å²) >= 11 is 6.45. The van der Waals surface area contributed by atoms with E-state index in [0.717, 1.165) is 8.95 Å². The van der Waals surface area contributed by atoms with E-state index in [1.165, 1.54) is 0 Å². The van der Waals surface area contributed by atoms with E-state index in [4.69, 9.17) is 5.73 Å². The van der Waals surface area contributed by atoms with Crippen molar-refractivity contribution in [2.75, 3.05) is 5.73 Å². The number of hydrogen-bond donors (Lipinski definition) is 1. The maximum Gasteiger partial charge on any atom is 0.116 e. The monoisotopic (exact) mass is 281 g/mol. The van der Waals surface area contributed by atoms with Crippen molar-refractivity contribution in [3.05, 3.63) is 26.6 Å². The topological polar surface area (TPSA) is 26.0 Å². The van der Waals surface area contributed by atoms with Gasteiger partial charge in [0.1, 0.15) is 6.67 Å². The summed E-state index contributed by atoms with van der Waals surface area (Å²) < 4.78 is 13.7. The summed E-state index contributed by atoms with van der Waals surface area (Å²) in [5.74, 6) is 0. The smallest absolute Gasteiger partial charge is 0.116 e. The van der Waals surface area contributed by atoms with Gasteiger partial charge in [-0.3, -0.25) is 0 Å². The van der Waals surface area contributed by atoms with Gasteiger partial charge < -0.3 is 5.73 Å². The summed E-state index contributed by atoms with van der Waals surface area (Å²) in [7, 11) is 0. The van der Waals surface area contributed by atoms with E-state index in [-0.39, 0.29) is 0 Å². The van der Waals surface area contributed by atoms with E-state index in [1.807, 2.05) is 0 Å². The van der Waals surface area contributed by atoms with Crippen molar-refractivity contribution in [2.45, 2.75) is 6.67 Å². The largest absolute Gasteiger partial charge is 0.398 e. The molecule has 0 saturated carbocycles. The van der Waals surface area contributed by atoms with Gasteiger partial charge in [0, 0.05) is 14.6 Å². The van der Waals surface area contributed by atoms with Crippen LogP contribution in [0, 0.1) is 0 Å². The first kappa shape index (κ1) is 9.00. The number of hydrogen-bond acceptors (Lipinski definition) is 1. The molecule has 0 bridgehead atoms. The van der Waals surface area contributed by atoms with Crippen LogP contribution in [-0.2, 0) is 6.67 Å². The molecule has 11 heavy (non-hydrogen) atoms. The van der Waals surface area contributed by atoms with Gasteiger partial charge in [0.2, 0.25) is 0 Å². The lowest BCUT2D eigenvalue weighted by Crippen LogP contribution is -1.90. The summed E-state index contributed by atoms with van der Waals surface area (Å²) in [4.78, 5) is 0. The van der Waals surface area contributed by atoms with Gasteiger partial charge in [0.25, 0.3) is 0 Å². The molecular weight excluding hydrogens is 277 g/mol. The molecular formula is C7H6Br2FN. The summed E-state index contributed by atoms with van der Waals surface area (Å²) in [6.07, 6.45) is 0. The van der Waals surface area contributed by atoms with Crippen LogP contribution in [0.1, 0.15) is 5.56 Å². The van der Waals surface area contributed by atoms with Crippen LogP contribution >= 0.6 is 31.9 Å². The van der Waals surface area contributed by atoms with Crippen LogP contribution in [-0.4, -0.2) is 0 Å². The predicted octanol–water partition coefficient (Wildman–Crippen LogP) is 3.26. The van der Waals surface area contributed by atoms with Gasteiger partial charge >= 0.3 is 0 Å². The Balaban J connectivity index is 3.21. The van der Waals surface area contributed by atoms with E-state index in [0.29, 0.717) is 11.3 Å². The molecule has 0 radical (unpaired) electrons. The molecule has 0 aliphatic carbocycles. The number of halogens is 3. The van der Waals surface area contributed by atoms with E-state index in [9.17, 15) is 4.39 Å². The van der Waals surface area contributed by atoms with Crippen molar-refractivity contribution < 1.29 is 4.39 Å². The molecule has 0 atom stereocenters. The maximum absolute atomic E-state index is 12.2. The molecule has 0 spiro atoms. The van der Waals surface area contributed by atoms with E-state index >= 15 is 0 Å². The number of alkyl halides is 1. The van der Waals surface area contributed by atoms with E-state index in [1.54, 1.807) is 12.1 Å². The van der Waals surface area contributed by atoms with Crippen LogP contribution in [0.25, 0.3) is 0 Å². The number of anilines is 1. The minimum Gasteiger partial charge on any atom is -0.398 e. The van der Waals surface area contributed by atoms with Crippen molar-refractivity contribution in [2.24, 2.45) is 0 Å². The third-order valence-corrected chi connectivity index (χ3v) is 2.73. The van der Waals surface area contributed by atoms with Crippen molar-refractivity contribution in [3.8, 4) is 0 Å². The molecule has 0 saturated heterocycles. The summed E-state index contributed by atoms with van der Waals surface area (Å²) in [6, 6.07) is 3.35. The number of nitrogen functional groups attached to an aromatic ring is 1. The molecule has 1 aromatic carbocycles. The zero-order valence-electron chi connectivity index (χ0n) is 5.57. The molecule has 0 unspecified atom stereocenters. The van der Waals surface area contributed by atoms with Crippen molar-refractivity contribution in [1.82, 2.24) is 0 Å². The van der Waals surface area contributed by atoms with Gasteiger partial charge in [-0.2, -0.15) is 0 Å². The standard InChI is InChI=1S/C7H6Br2FN/c8-5-2-6(9)7(11)1-4(5)3-10/h1-2H,3,11H2. The number of rotatable bonds is 1. The summed E-state index contributed by atoms with van der Waals surface area (Å²) in [5.41, 5.74) is 6.66. The SMILES string of the molecule is Nc1cc(CF)c(Br)cc1Br. The quantitative estimate of drug-likeness (QED) is 0.786. The van der Waals surface area contributed by atoms with Crippen molar-refractivity contribution >= 4 is 37.5 Å². The minimum absolute atomic E-state index is 0.502. The highest BCUT2D eigenvalue weighted by Gasteiger charge is 2.02.